The minimum Gasteiger partial charge on any atom is -0.483 e. The third kappa shape index (κ3) is 5.45. The molecule has 0 spiro atoms. The Morgan fingerprint density at radius 1 is 1.10 bits per heavy atom. The van der Waals surface area contributed by atoms with Gasteiger partial charge in [-0.2, -0.15) is 0 Å². The number of nitrogens with one attached hydrogen (secondary N) is 1. The summed E-state index contributed by atoms with van der Waals surface area (Å²) in [5.74, 6) is -0.0863. The summed E-state index contributed by atoms with van der Waals surface area (Å²) in [4.78, 5) is 16.3. The van der Waals surface area contributed by atoms with Gasteiger partial charge in [0.15, 0.2) is 6.61 Å². The number of nitrogens with zero attached hydrogens (tertiary/aromatic N) is 2. The van der Waals surface area contributed by atoms with E-state index in [9.17, 15) is 17.6 Å². The lowest BCUT2D eigenvalue weighted by atomic mass is 10.2. The zero-order valence-electron chi connectivity index (χ0n) is 16.4. The van der Waals surface area contributed by atoms with Crippen LogP contribution in [0.2, 0.25) is 0 Å². The zero-order chi connectivity index (χ0) is 21.0. The van der Waals surface area contributed by atoms with E-state index in [-0.39, 0.29) is 23.1 Å². The van der Waals surface area contributed by atoms with Crippen molar-refractivity contribution in [3.8, 4) is 5.75 Å². The lowest BCUT2D eigenvalue weighted by Gasteiger charge is -2.32. The molecule has 0 saturated carbocycles. The lowest BCUT2D eigenvalue weighted by molar-refractivity contribution is -0.134. The molecule has 1 saturated heterocycles. The number of hydrogen-bond donors (Lipinski definition) is 1. The van der Waals surface area contributed by atoms with Gasteiger partial charge in [0.25, 0.3) is 15.9 Å². The third-order valence-corrected chi connectivity index (χ3v) is 6.14. The summed E-state index contributed by atoms with van der Waals surface area (Å²) < 4.78 is 46.1. The number of sulfonamides is 1. The van der Waals surface area contributed by atoms with Crippen molar-refractivity contribution in [1.82, 2.24) is 9.80 Å². The molecule has 9 heteroatoms. The second-order valence-corrected chi connectivity index (χ2v) is 8.69. The molecule has 2 aromatic carbocycles. The van der Waals surface area contributed by atoms with Crippen molar-refractivity contribution in [2.45, 2.75) is 11.8 Å². The molecule has 29 heavy (non-hydrogen) atoms. The monoisotopic (exact) mass is 421 g/mol. The minimum atomic E-state index is -3.83. The highest BCUT2D eigenvalue weighted by atomic mass is 32.2. The maximum atomic E-state index is 13.0. The van der Waals surface area contributed by atoms with Crippen molar-refractivity contribution in [2.75, 3.05) is 44.6 Å². The first kappa shape index (κ1) is 21.1. The Morgan fingerprint density at radius 3 is 2.38 bits per heavy atom. The van der Waals surface area contributed by atoms with Gasteiger partial charge in [-0.25, -0.2) is 12.8 Å². The molecule has 0 unspecified atom stereocenters. The molecule has 0 aromatic heterocycles. The van der Waals surface area contributed by atoms with E-state index in [1.54, 1.807) is 11.8 Å². The SMILES string of the molecule is Cc1cc(S(=O)(=O)Nc2ccc(F)cc2)ccc1OCC(=O)N1CCN(C)CC1. The number of carbonyl (C=O) groups excluding carboxylic acids is 1. The van der Waals surface area contributed by atoms with Gasteiger partial charge in [-0.15, -0.1) is 0 Å². The molecule has 1 aliphatic rings. The number of carbonyl (C=O) groups is 1. The molecule has 3 rings (SSSR count). The maximum absolute atomic E-state index is 13.0. The number of likely N-dealkylation sites (N-methyl/N-ethyl adjacent to an activating group) is 1. The Bertz CT molecular complexity index is 972. The van der Waals surface area contributed by atoms with E-state index >= 15 is 0 Å². The van der Waals surface area contributed by atoms with Crippen LogP contribution >= 0.6 is 0 Å². The predicted molar refractivity (Wildman–Crippen MR) is 108 cm³/mol. The molecule has 0 radical (unpaired) electrons. The Balaban J connectivity index is 1.63. The van der Waals surface area contributed by atoms with E-state index in [2.05, 4.69) is 9.62 Å². The quantitative estimate of drug-likeness (QED) is 0.773. The van der Waals surface area contributed by atoms with Gasteiger partial charge in [-0.3, -0.25) is 9.52 Å². The Kier molecular flexibility index (Phi) is 6.39. The highest BCUT2D eigenvalue weighted by Gasteiger charge is 2.20. The summed E-state index contributed by atoms with van der Waals surface area (Å²) >= 11 is 0. The molecule has 1 fully saturated rings. The van der Waals surface area contributed by atoms with Crippen LogP contribution in [0.3, 0.4) is 0 Å². The fourth-order valence-corrected chi connectivity index (χ4v) is 4.11. The number of rotatable bonds is 6. The molecule has 0 aliphatic carbocycles. The van der Waals surface area contributed by atoms with Crippen LogP contribution in [0.25, 0.3) is 0 Å². The van der Waals surface area contributed by atoms with E-state index in [1.165, 1.54) is 42.5 Å². The van der Waals surface area contributed by atoms with Crippen LogP contribution in [-0.2, 0) is 14.8 Å². The van der Waals surface area contributed by atoms with Crippen LogP contribution in [0, 0.1) is 12.7 Å². The Hall–Kier alpha value is -2.65. The average Bonchev–Trinajstić information content (AvgIpc) is 2.69. The molecule has 156 valence electrons. The van der Waals surface area contributed by atoms with E-state index in [0.717, 1.165) is 13.1 Å². The smallest absolute Gasteiger partial charge is 0.261 e. The highest BCUT2D eigenvalue weighted by molar-refractivity contribution is 7.92. The summed E-state index contributed by atoms with van der Waals surface area (Å²) in [6, 6.07) is 9.47. The van der Waals surface area contributed by atoms with E-state index in [0.29, 0.717) is 24.4 Å². The molecule has 1 aliphatic heterocycles. The standard InChI is InChI=1S/C20H24FN3O4S/c1-15-13-18(29(26,27)22-17-5-3-16(21)4-6-17)7-8-19(15)28-14-20(25)24-11-9-23(2)10-12-24/h3-8,13,22H,9-12,14H2,1-2H3. The molecule has 1 amide bonds. The van der Waals surface area contributed by atoms with Gasteiger partial charge in [0.2, 0.25) is 0 Å². The summed E-state index contributed by atoms with van der Waals surface area (Å²) in [5, 5.41) is 0. The number of hydrogen-bond acceptors (Lipinski definition) is 5. The zero-order valence-corrected chi connectivity index (χ0v) is 17.2. The number of halogens is 1. The van der Waals surface area contributed by atoms with E-state index in [1.807, 2.05) is 7.05 Å². The number of ether oxygens (including phenoxy) is 1. The van der Waals surface area contributed by atoms with Crippen molar-refractivity contribution >= 4 is 21.6 Å². The van der Waals surface area contributed by atoms with Crippen molar-refractivity contribution in [3.05, 3.63) is 53.8 Å². The second-order valence-electron chi connectivity index (χ2n) is 7.01. The fraction of sp³-hybridized carbons (Fsp3) is 0.350. The van der Waals surface area contributed by atoms with Crippen LogP contribution in [0.4, 0.5) is 10.1 Å². The summed E-state index contributed by atoms with van der Waals surface area (Å²) in [5.41, 5.74) is 0.861. The van der Waals surface area contributed by atoms with Crippen LogP contribution in [0.1, 0.15) is 5.56 Å². The van der Waals surface area contributed by atoms with Gasteiger partial charge < -0.3 is 14.5 Å². The Morgan fingerprint density at radius 2 is 1.76 bits per heavy atom. The van der Waals surface area contributed by atoms with Gasteiger partial charge in [-0.1, -0.05) is 0 Å². The molecule has 7 nitrogen and oxygen atoms in total. The Labute approximate surface area is 170 Å². The summed E-state index contributed by atoms with van der Waals surface area (Å²) in [7, 11) is -1.81. The number of amides is 1. The van der Waals surface area contributed by atoms with E-state index in [4.69, 9.17) is 4.74 Å². The predicted octanol–water partition coefficient (Wildman–Crippen LogP) is 2.09. The second kappa shape index (κ2) is 8.79. The molecular weight excluding hydrogens is 397 g/mol. The third-order valence-electron chi connectivity index (χ3n) is 4.76. The van der Waals surface area contributed by atoms with Gasteiger partial charge in [-0.05, 0) is 62.0 Å². The van der Waals surface area contributed by atoms with Crippen molar-refractivity contribution in [1.29, 1.82) is 0 Å². The topological polar surface area (TPSA) is 78.9 Å². The first-order valence-electron chi connectivity index (χ1n) is 9.23. The molecular formula is C20H24FN3O4S. The van der Waals surface area contributed by atoms with Gasteiger partial charge in [0, 0.05) is 31.9 Å². The average molecular weight is 421 g/mol. The van der Waals surface area contributed by atoms with Crippen LogP contribution < -0.4 is 9.46 Å². The molecule has 2 aromatic rings. The minimum absolute atomic E-state index is 0.0528. The van der Waals surface area contributed by atoms with Gasteiger partial charge in [0.05, 0.1) is 4.90 Å². The number of benzene rings is 2. The van der Waals surface area contributed by atoms with Crippen molar-refractivity contribution < 1.29 is 22.3 Å². The first-order chi connectivity index (χ1) is 13.7. The van der Waals surface area contributed by atoms with Crippen molar-refractivity contribution in [3.63, 3.8) is 0 Å². The molecule has 1 N–H and O–H groups in total. The summed E-state index contributed by atoms with van der Waals surface area (Å²) in [6.45, 7) is 4.63. The number of aryl methyl sites for hydroxylation is 1. The van der Waals surface area contributed by atoms with Crippen LogP contribution in [0.5, 0.6) is 5.75 Å². The van der Waals surface area contributed by atoms with Gasteiger partial charge >= 0.3 is 0 Å². The molecule has 1 heterocycles. The van der Waals surface area contributed by atoms with Crippen molar-refractivity contribution in [2.24, 2.45) is 0 Å². The highest BCUT2D eigenvalue weighted by Crippen LogP contribution is 2.24. The lowest BCUT2D eigenvalue weighted by Crippen LogP contribution is -2.48. The number of anilines is 1. The van der Waals surface area contributed by atoms with Gasteiger partial charge in [0.1, 0.15) is 11.6 Å². The maximum Gasteiger partial charge on any atom is 0.261 e. The van der Waals surface area contributed by atoms with Crippen LogP contribution in [-0.4, -0.2) is 64.0 Å². The molecule has 0 atom stereocenters. The largest absolute Gasteiger partial charge is 0.483 e. The number of piperazine rings is 1. The fourth-order valence-electron chi connectivity index (χ4n) is 2.97. The molecule has 0 bridgehead atoms. The van der Waals surface area contributed by atoms with E-state index < -0.39 is 15.8 Å². The first-order valence-corrected chi connectivity index (χ1v) is 10.7. The van der Waals surface area contributed by atoms with Crippen LogP contribution in [0.15, 0.2) is 47.4 Å². The summed E-state index contributed by atoms with van der Waals surface area (Å²) in [6.07, 6.45) is 0. The normalized spacial score (nSPS) is 15.2.